The molecule has 0 amide bonds. The zero-order valence-corrected chi connectivity index (χ0v) is 10.4. The van der Waals surface area contributed by atoms with Crippen molar-refractivity contribution in [3.63, 3.8) is 0 Å². The van der Waals surface area contributed by atoms with Gasteiger partial charge in [-0.25, -0.2) is 4.39 Å². The first-order chi connectivity index (χ1) is 8.90. The molecule has 2 N–H and O–H groups in total. The van der Waals surface area contributed by atoms with E-state index in [0.29, 0.717) is 19.4 Å². The highest BCUT2D eigenvalue weighted by atomic mass is 19.4. The van der Waals surface area contributed by atoms with E-state index in [9.17, 15) is 17.6 Å². The van der Waals surface area contributed by atoms with E-state index in [1.54, 1.807) is 12.1 Å². The third-order valence-electron chi connectivity index (χ3n) is 2.68. The molecule has 0 aliphatic heterocycles. The van der Waals surface area contributed by atoms with E-state index in [1.807, 2.05) is 0 Å². The van der Waals surface area contributed by atoms with Crippen LogP contribution in [0.5, 0.6) is 0 Å². The predicted molar refractivity (Wildman–Crippen MR) is 64.1 cm³/mol. The number of benzene rings is 1. The Balaban J connectivity index is 2.34. The average molecular weight is 279 g/mol. The summed E-state index contributed by atoms with van der Waals surface area (Å²) in [5.74, 6) is -0.350. The molecular weight excluding hydrogens is 262 g/mol. The molecule has 0 aliphatic carbocycles. The maximum atomic E-state index is 13.0. The van der Waals surface area contributed by atoms with Crippen LogP contribution in [0.4, 0.5) is 17.6 Å². The van der Waals surface area contributed by atoms with Gasteiger partial charge in [0.05, 0.1) is 0 Å². The van der Waals surface area contributed by atoms with E-state index in [2.05, 4.69) is 4.74 Å². The van der Waals surface area contributed by atoms with Crippen molar-refractivity contribution in [2.45, 2.75) is 19.0 Å². The number of ether oxygens (including phenoxy) is 1. The second-order valence-electron chi connectivity index (χ2n) is 4.39. The fourth-order valence-electron chi connectivity index (χ4n) is 1.74. The van der Waals surface area contributed by atoms with Crippen LogP contribution in [-0.2, 0) is 11.2 Å². The van der Waals surface area contributed by atoms with E-state index < -0.39 is 12.8 Å². The van der Waals surface area contributed by atoms with Crippen molar-refractivity contribution in [3.05, 3.63) is 35.6 Å². The lowest BCUT2D eigenvalue weighted by Gasteiger charge is -2.15. The molecule has 0 bridgehead atoms. The molecule has 19 heavy (non-hydrogen) atoms. The fourth-order valence-corrected chi connectivity index (χ4v) is 1.74. The van der Waals surface area contributed by atoms with Crippen LogP contribution in [0.3, 0.4) is 0 Å². The summed E-state index contributed by atoms with van der Waals surface area (Å²) in [4.78, 5) is 0. The van der Waals surface area contributed by atoms with Gasteiger partial charge in [0.15, 0.2) is 0 Å². The lowest BCUT2D eigenvalue weighted by Crippen LogP contribution is -2.22. The standard InChI is InChI=1S/C13H17F4NO/c14-12-3-1-2-10(7-12)6-11(8-18)4-5-19-9-13(15,16)17/h1-3,7,11H,4-6,8-9,18H2. The topological polar surface area (TPSA) is 35.2 Å². The van der Waals surface area contributed by atoms with Crippen LogP contribution in [0.2, 0.25) is 0 Å². The Morgan fingerprint density at radius 2 is 2.00 bits per heavy atom. The van der Waals surface area contributed by atoms with Crippen LogP contribution in [0.15, 0.2) is 24.3 Å². The minimum atomic E-state index is -4.30. The highest BCUT2D eigenvalue weighted by Gasteiger charge is 2.27. The van der Waals surface area contributed by atoms with Gasteiger partial charge in [-0.15, -0.1) is 0 Å². The molecule has 108 valence electrons. The first kappa shape index (κ1) is 15.9. The molecule has 0 fully saturated rings. The predicted octanol–water partition coefficient (Wildman–Crippen LogP) is 2.91. The molecule has 0 spiro atoms. The Morgan fingerprint density at radius 3 is 2.58 bits per heavy atom. The zero-order valence-electron chi connectivity index (χ0n) is 10.4. The maximum absolute atomic E-state index is 13.0. The van der Waals surface area contributed by atoms with Crippen LogP contribution in [-0.4, -0.2) is 25.9 Å². The molecule has 0 aliphatic rings. The molecule has 1 aromatic carbocycles. The van der Waals surface area contributed by atoms with Crippen molar-refractivity contribution in [1.82, 2.24) is 0 Å². The van der Waals surface area contributed by atoms with Crippen LogP contribution >= 0.6 is 0 Å². The Kier molecular flexibility index (Phi) is 6.24. The number of rotatable bonds is 7. The van der Waals surface area contributed by atoms with Gasteiger partial charge < -0.3 is 10.5 Å². The molecule has 6 heteroatoms. The molecular formula is C13H17F4NO. The number of hydrogen-bond acceptors (Lipinski definition) is 2. The Morgan fingerprint density at radius 1 is 1.26 bits per heavy atom. The van der Waals surface area contributed by atoms with Crippen molar-refractivity contribution in [2.24, 2.45) is 11.7 Å². The number of hydrogen-bond donors (Lipinski definition) is 1. The van der Waals surface area contributed by atoms with Gasteiger partial charge in [0.25, 0.3) is 0 Å². The van der Waals surface area contributed by atoms with Crippen LogP contribution in [0, 0.1) is 11.7 Å². The first-order valence-electron chi connectivity index (χ1n) is 5.99. The second-order valence-corrected chi connectivity index (χ2v) is 4.39. The number of alkyl halides is 3. The summed E-state index contributed by atoms with van der Waals surface area (Å²) in [6.45, 7) is -0.924. The van der Waals surface area contributed by atoms with Crippen molar-refractivity contribution >= 4 is 0 Å². The number of nitrogens with two attached hydrogens (primary N) is 1. The normalized spacial score (nSPS) is 13.5. The van der Waals surface area contributed by atoms with Crippen molar-refractivity contribution in [2.75, 3.05) is 19.8 Å². The average Bonchev–Trinajstić information content (AvgIpc) is 2.32. The van der Waals surface area contributed by atoms with Gasteiger partial charge in [-0.05, 0) is 43.0 Å². The van der Waals surface area contributed by atoms with Gasteiger partial charge in [-0.1, -0.05) is 12.1 Å². The monoisotopic (exact) mass is 279 g/mol. The molecule has 0 aromatic heterocycles. The summed E-state index contributed by atoms with van der Waals surface area (Å²) in [5.41, 5.74) is 6.34. The highest BCUT2D eigenvalue weighted by molar-refractivity contribution is 5.16. The van der Waals surface area contributed by atoms with Crippen LogP contribution in [0.25, 0.3) is 0 Å². The Bertz CT molecular complexity index is 381. The summed E-state index contributed by atoms with van der Waals surface area (Å²) < 4.78 is 53.1. The molecule has 0 heterocycles. The van der Waals surface area contributed by atoms with Crippen LogP contribution in [0.1, 0.15) is 12.0 Å². The maximum Gasteiger partial charge on any atom is 0.411 e. The lowest BCUT2D eigenvalue weighted by atomic mass is 9.96. The number of halogens is 4. The third kappa shape index (κ3) is 7.12. The smallest absolute Gasteiger partial charge is 0.372 e. The van der Waals surface area contributed by atoms with Gasteiger partial charge in [0.1, 0.15) is 12.4 Å². The van der Waals surface area contributed by atoms with E-state index in [0.717, 1.165) is 5.56 Å². The van der Waals surface area contributed by atoms with E-state index in [1.165, 1.54) is 12.1 Å². The molecule has 0 saturated carbocycles. The van der Waals surface area contributed by atoms with Crippen LogP contribution < -0.4 is 5.73 Å². The minimum absolute atomic E-state index is 0.00328. The molecule has 0 radical (unpaired) electrons. The summed E-state index contributed by atoms with van der Waals surface area (Å²) in [6.07, 6.45) is -3.35. The van der Waals surface area contributed by atoms with Gasteiger partial charge in [-0.2, -0.15) is 13.2 Å². The minimum Gasteiger partial charge on any atom is -0.372 e. The second kappa shape index (κ2) is 7.45. The van der Waals surface area contributed by atoms with Gasteiger partial charge in [0, 0.05) is 6.61 Å². The Hall–Kier alpha value is -1.14. The van der Waals surface area contributed by atoms with Gasteiger partial charge in [0.2, 0.25) is 0 Å². The molecule has 0 saturated heterocycles. The summed E-state index contributed by atoms with van der Waals surface area (Å²) in [5, 5.41) is 0. The Labute approximate surface area is 109 Å². The molecule has 1 aromatic rings. The zero-order chi connectivity index (χ0) is 14.3. The van der Waals surface area contributed by atoms with Crippen molar-refractivity contribution in [1.29, 1.82) is 0 Å². The van der Waals surface area contributed by atoms with Crippen molar-refractivity contribution < 1.29 is 22.3 Å². The summed E-state index contributed by atoms with van der Waals surface area (Å²) >= 11 is 0. The SMILES string of the molecule is NCC(CCOCC(F)(F)F)Cc1cccc(F)c1. The van der Waals surface area contributed by atoms with E-state index >= 15 is 0 Å². The van der Waals surface area contributed by atoms with Crippen molar-refractivity contribution in [3.8, 4) is 0 Å². The van der Waals surface area contributed by atoms with Gasteiger partial charge in [-0.3, -0.25) is 0 Å². The molecule has 1 unspecified atom stereocenters. The molecule has 1 atom stereocenters. The third-order valence-corrected chi connectivity index (χ3v) is 2.68. The summed E-state index contributed by atoms with van der Waals surface area (Å²) in [6, 6.07) is 6.10. The molecule has 1 rings (SSSR count). The fraction of sp³-hybridized carbons (Fsp3) is 0.538. The van der Waals surface area contributed by atoms with E-state index in [-0.39, 0.29) is 18.3 Å². The van der Waals surface area contributed by atoms with E-state index in [4.69, 9.17) is 5.73 Å². The highest BCUT2D eigenvalue weighted by Crippen LogP contribution is 2.16. The quantitative estimate of drug-likeness (QED) is 0.615. The lowest BCUT2D eigenvalue weighted by molar-refractivity contribution is -0.174. The largest absolute Gasteiger partial charge is 0.411 e. The first-order valence-corrected chi connectivity index (χ1v) is 5.99. The summed E-state index contributed by atoms with van der Waals surface area (Å²) in [7, 11) is 0. The van der Waals surface area contributed by atoms with Gasteiger partial charge >= 0.3 is 6.18 Å². The molecule has 2 nitrogen and oxygen atoms in total.